The number of nitrogens with two attached hydrogens (primary N) is 1. The molecule has 2 unspecified atom stereocenters. The van der Waals surface area contributed by atoms with E-state index in [4.69, 9.17) is 5.73 Å². The van der Waals surface area contributed by atoms with Crippen molar-refractivity contribution in [3.05, 3.63) is 34.4 Å². The van der Waals surface area contributed by atoms with Gasteiger partial charge in [-0.2, -0.15) is 0 Å². The lowest BCUT2D eigenvalue weighted by molar-refractivity contribution is 0.203. The monoisotopic (exact) mass is 245 g/mol. The van der Waals surface area contributed by atoms with Crippen LogP contribution in [-0.2, 0) is 6.42 Å². The molecule has 0 spiro atoms. The Morgan fingerprint density at radius 3 is 2.33 bits per heavy atom. The van der Waals surface area contributed by atoms with Crippen LogP contribution in [-0.4, -0.2) is 5.54 Å². The van der Waals surface area contributed by atoms with Crippen molar-refractivity contribution in [3.63, 3.8) is 0 Å². The van der Waals surface area contributed by atoms with Crippen LogP contribution in [0.3, 0.4) is 0 Å². The predicted octanol–water partition coefficient (Wildman–Crippen LogP) is 4.06. The summed E-state index contributed by atoms with van der Waals surface area (Å²) in [6, 6.07) is 4.58. The highest BCUT2D eigenvalue weighted by atomic mass is 14.8. The molecule has 1 aliphatic carbocycles. The number of hydrogen-bond acceptors (Lipinski definition) is 1. The molecule has 0 radical (unpaired) electrons. The quantitative estimate of drug-likeness (QED) is 0.835. The van der Waals surface area contributed by atoms with E-state index < -0.39 is 0 Å². The molecular weight excluding hydrogens is 218 g/mol. The van der Waals surface area contributed by atoms with E-state index in [-0.39, 0.29) is 5.54 Å². The molecule has 2 N–H and O–H groups in total. The summed E-state index contributed by atoms with van der Waals surface area (Å²) < 4.78 is 0. The van der Waals surface area contributed by atoms with Crippen molar-refractivity contribution in [2.45, 2.75) is 65.3 Å². The molecule has 0 bridgehead atoms. The number of aryl methyl sites for hydroxylation is 3. The van der Waals surface area contributed by atoms with Gasteiger partial charge in [-0.3, -0.25) is 0 Å². The Kier molecular flexibility index (Phi) is 3.82. The smallest absolute Gasteiger partial charge is 0.0221 e. The van der Waals surface area contributed by atoms with E-state index in [2.05, 4.69) is 39.8 Å². The normalized spacial score (nSPS) is 28.4. The Morgan fingerprint density at radius 2 is 1.78 bits per heavy atom. The molecule has 0 amide bonds. The first-order chi connectivity index (χ1) is 8.42. The van der Waals surface area contributed by atoms with E-state index >= 15 is 0 Å². The van der Waals surface area contributed by atoms with Gasteiger partial charge in [0.05, 0.1) is 0 Å². The first-order valence-electron chi connectivity index (χ1n) is 7.28. The maximum Gasteiger partial charge on any atom is 0.0221 e. The highest BCUT2D eigenvalue weighted by molar-refractivity contribution is 5.38. The zero-order chi connectivity index (χ0) is 13.3. The molecule has 0 saturated heterocycles. The van der Waals surface area contributed by atoms with Gasteiger partial charge in [-0.15, -0.1) is 0 Å². The van der Waals surface area contributed by atoms with Gasteiger partial charge in [0, 0.05) is 5.54 Å². The lowest BCUT2D eigenvalue weighted by Crippen LogP contribution is -2.50. The van der Waals surface area contributed by atoms with Gasteiger partial charge in [0.1, 0.15) is 0 Å². The molecule has 2 atom stereocenters. The van der Waals surface area contributed by atoms with Crippen LogP contribution in [0.15, 0.2) is 12.1 Å². The van der Waals surface area contributed by atoms with Crippen LogP contribution in [0.25, 0.3) is 0 Å². The van der Waals surface area contributed by atoms with Crippen LogP contribution < -0.4 is 5.73 Å². The summed E-state index contributed by atoms with van der Waals surface area (Å²) in [7, 11) is 0. The van der Waals surface area contributed by atoms with E-state index in [1.165, 1.54) is 47.9 Å². The molecule has 1 heteroatoms. The van der Waals surface area contributed by atoms with Crippen LogP contribution in [0.5, 0.6) is 0 Å². The molecule has 100 valence electrons. The molecular formula is C17H27N. The number of benzene rings is 1. The Labute approximate surface area is 112 Å². The topological polar surface area (TPSA) is 26.0 Å². The van der Waals surface area contributed by atoms with Crippen molar-refractivity contribution in [2.75, 3.05) is 0 Å². The molecule has 1 fully saturated rings. The number of hydrogen-bond donors (Lipinski definition) is 1. The van der Waals surface area contributed by atoms with E-state index in [1.807, 2.05) is 0 Å². The minimum atomic E-state index is 0.0169. The Morgan fingerprint density at radius 1 is 1.17 bits per heavy atom. The minimum absolute atomic E-state index is 0.0169. The Hall–Kier alpha value is -0.820. The second-order valence-corrected chi connectivity index (χ2v) is 6.43. The largest absolute Gasteiger partial charge is 0.325 e. The van der Waals surface area contributed by atoms with E-state index in [0.29, 0.717) is 5.92 Å². The van der Waals surface area contributed by atoms with Crippen LogP contribution in [0.1, 0.15) is 54.9 Å². The highest BCUT2D eigenvalue weighted by Gasteiger charge is 2.34. The predicted molar refractivity (Wildman–Crippen MR) is 78.9 cm³/mol. The third-order valence-electron chi connectivity index (χ3n) is 4.86. The van der Waals surface area contributed by atoms with Crippen LogP contribution >= 0.6 is 0 Å². The zero-order valence-corrected chi connectivity index (χ0v) is 12.3. The fourth-order valence-corrected chi connectivity index (χ4v) is 3.52. The minimum Gasteiger partial charge on any atom is -0.325 e. The van der Waals surface area contributed by atoms with Crippen molar-refractivity contribution >= 4 is 0 Å². The fourth-order valence-electron chi connectivity index (χ4n) is 3.52. The molecule has 0 aromatic heterocycles. The van der Waals surface area contributed by atoms with Crippen LogP contribution in [0.4, 0.5) is 0 Å². The Balaban J connectivity index is 2.28. The van der Waals surface area contributed by atoms with Crippen molar-refractivity contribution in [3.8, 4) is 0 Å². The summed E-state index contributed by atoms with van der Waals surface area (Å²) in [5.74, 6) is 0.645. The third kappa shape index (κ3) is 2.61. The summed E-state index contributed by atoms with van der Waals surface area (Å²) in [5.41, 5.74) is 12.4. The molecule has 1 nitrogen and oxygen atoms in total. The van der Waals surface area contributed by atoms with Gasteiger partial charge >= 0.3 is 0 Å². The van der Waals surface area contributed by atoms with Gasteiger partial charge in [0.15, 0.2) is 0 Å². The average Bonchev–Trinajstić information content (AvgIpc) is 2.28. The zero-order valence-electron chi connectivity index (χ0n) is 12.3. The second-order valence-electron chi connectivity index (χ2n) is 6.43. The second kappa shape index (κ2) is 5.05. The van der Waals surface area contributed by atoms with Gasteiger partial charge in [-0.25, -0.2) is 0 Å². The molecule has 1 aliphatic rings. The maximum absolute atomic E-state index is 6.71. The molecule has 18 heavy (non-hydrogen) atoms. The van der Waals surface area contributed by atoms with Crippen LogP contribution in [0.2, 0.25) is 0 Å². The van der Waals surface area contributed by atoms with Gasteiger partial charge in [-0.1, -0.05) is 37.5 Å². The molecule has 2 rings (SSSR count). The molecule has 0 aliphatic heterocycles. The summed E-state index contributed by atoms with van der Waals surface area (Å²) in [5, 5.41) is 0. The average molecular weight is 245 g/mol. The lowest BCUT2D eigenvalue weighted by atomic mass is 9.70. The Bertz CT molecular complexity index is 412. The van der Waals surface area contributed by atoms with Gasteiger partial charge in [0.25, 0.3) is 0 Å². The lowest BCUT2D eigenvalue weighted by Gasteiger charge is -2.40. The van der Waals surface area contributed by atoms with Gasteiger partial charge in [0.2, 0.25) is 0 Å². The van der Waals surface area contributed by atoms with E-state index in [1.54, 1.807) is 0 Å². The standard InChI is InChI=1S/C17H27N/c1-12-9-13(2)16(14(3)10-12)11-17(18)8-6-5-7-15(17)4/h9-10,15H,5-8,11,18H2,1-4H3. The highest BCUT2D eigenvalue weighted by Crippen LogP contribution is 2.35. The van der Waals surface area contributed by atoms with Crippen LogP contribution in [0, 0.1) is 26.7 Å². The molecule has 0 heterocycles. The maximum atomic E-state index is 6.71. The van der Waals surface area contributed by atoms with E-state index in [9.17, 15) is 0 Å². The third-order valence-corrected chi connectivity index (χ3v) is 4.86. The summed E-state index contributed by atoms with van der Waals surface area (Å²) in [6.07, 6.45) is 6.17. The van der Waals surface area contributed by atoms with Gasteiger partial charge in [-0.05, 0) is 62.6 Å². The van der Waals surface area contributed by atoms with Crippen molar-refractivity contribution in [2.24, 2.45) is 11.7 Å². The number of rotatable bonds is 2. The fraction of sp³-hybridized carbons (Fsp3) is 0.647. The first-order valence-corrected chi connectivity index (χ1v) is 7.28. The summed E-state index contributed by atoms with van der Waals surface area (Å²) >= 11 is 0. The molecule has 1 aromatic carbocycles. The molecule has 1 saturated carbocycles. The van der Waals surface area contributed by atoms with E-state index in [0.717, 1.165) is 6.42 Å². The summed E-state index contributed by atoms with van der Waals surface area (Å²) in [6.45, 7) is 8.96. The van der Waals surface area contributed by atoms with Gasteiger partial charge < -0.3 is 5.73 Å². The molecule has 1 aromatic rings. The van der Waals surface area contributed by atoms with Crippen molar-refractivity contribution < 1.29 is 0 Å². The summed E-state index contributed by atoms with van der Waals surface area (Å²) in [4.78, 5) is 0. The van der Waals surface area contributed by atoms with Crippen molar-refractivity contribution in [1.29, 1.82) is 0 Å². The SMILES string of the molecule is Cc1cc(C)c(CC2(N)CCCCC2C)c(C)c1. The first kappa shape index (κ1) is 13.6. The van der Waals surface area contributed by atoms with Crippen molar-refractivity contribution in [1.82, 2.24) is 0 Å².